The Morgan fingerprint density at radius 3 is 2.50 bits per heavy atom. The monoisotopic (exact) mass is 313 g/mol. The van der Waals surface area contributed by atoms with Gasteiger partial charge in [-0.25, -0.2) is 8.78 Å². The Kier molecular flexibility index (Phi) is 6.46. The number of ether oxygens (including phenoxy) is 1. The van der Waals surface area contributed by atoms with Crippen molar-refractivity contribution in [1.82, 2.24) is 5.32 Å². The average Bonchev–Trinajstić information content (AvgIpc) is 2.36. The number of carbonyl (C=O) groups excluding carboxylic acids is 2. The van der Waals surface area contributed by atoms with Gasteiger partial charge in [0.1, 0.15) is 11.6 Å². The molecular formula is C16H21F2NO3. The molecule has 4 nitrogen and oxygen atoms in total. The molecule has 1 aromatic carbocycles. The van der Waals surface area contributed by atoms with Crippen LogP contribution in [0.15, 0.2) is 18.2 Å². The molecule has 0 heterocycles. The third kappa shape index (κ3) is 6.65. The minimum Gasteiger partial charge on any atom is -0.466 e. The molecule has 0 spiro atoms. The van der Waals surface area contributed by atoms with Gasteiger partial charge in [-0.15, -0.1) is 0 Å². The van der Waals surface area contributed by atoms with E-state index in [4.69, 9.17) is 4.74 Å². The summed E-state index contributed by atoms with van der Waals surface area (Å²) in [5, 5.41) is 2.39. The minimum atomic E-state index is -0.940. The van der Waals surface area contributed by atoms with Gasteiger partial charge in [-0.3, -0.25) is 9.59 Å². The molecule has 0 saturated heterocycles. The van der Waals surface area contributed by atoms with Crippen molar-refractivity contribution in [3.05, 3.63) is 35.4 Å². The number of benzene rings is 1. The van der Waals surface area contributed by atoms with Crippen molar-refractivity contribution in [2.24, 2.45) is 5.41 Å². The van der Waals surface area contributed by atoms with Gasteiger partial charge in [-0.1, -0.05) is 20.8 Å². The molecule has 22 heavy (non-hydrogen) atoms. The van der Waals surface area contributed by atoms with Crippen LogP contribution in [0.4, 0.5) is 8.78 Å². The number of halogens is 2. The Hall–Kier alpha value is -1.98. The second-order valence-corrected chi connectivity index (χ2v) is 6.16. The molecule has 0 aliphatic heterocycles. The first-order chi connectivity index (χ1) is 10.2. The van der Waals surface area contributed by atoms with Crippen LogP contribution in [0.2, 0.25) is 0 Å². The van der Waals surface area contributed by atoms with Crippen LogP contribution in [0.1, 0.15) is 44.0 Å². The minimum absolute atomic E-state index is 0.00129. The maximum Gasteiger partial charge on any atom is 0.307 e. The molecule has 0 atom stereocenters. The molecule has 0 saturated carbocycles. The Morgan fingerprint density at radius 1 is 1.23 bits per heavy atom. The Morgan fingerprint density at radius 2 is 1.91 bits per heavy atom. The summed E-state index contributed by atoms with van der Waals surface area (Å²) in [6.07, 6.45) is 0.741. The molecule has 6 heteroatoms. The average molecular weight is 313 g/mol. The van der Waals surface area contributed by atoms with Crippen molar-refractivity contribution < 1.29 is 23.1 Å². The molecule has 0 bridgehead atoms. The number of nitrogens with one attached hydrogen (secondary N) is 1. The molecule has 0 fully saturated rings. The lowest BCUT2D eigenvalue weighted by Gasteiger charge is -2.17. The first kappa shape index (κ1) is 18.1. The normalized spacial score (nSPS) is 11.1. The zero-order chi connectivity index (χ0) is 16.8. The van der Waals surface area contributed by atoms with Crippen molar-refractivity contribution in [3.63, 3.8) is 0 Å². The fourth-order valence-electron chi connectivity index (χ4n) is 1.59. The summed E-state index contributed by atoms with van der Waals surface area (Å²) in [7, 11) is 0. The van der Waals surface area contributed by atoms with Crippen LogP contribution in [0.3, 0.4) is 0 Å². The van der Waals surface area contributed by atoms with Crippen LogP contribution in [0.25, 0.3) is 0 Å². The van der Waals surface area contributed by atoms with Crippen LogP contribution in [0, 0.1) is 17.0 Å². The van der Waals surface area contributed by atoms with Gasteiger partial charge in [0.05, 0.1) is 18.6 Å². The van der Waals surface area contributed by atoms with E-state index in [2.05, 4.69) is 5.32 Å². The highest BCUT2D eigenvalue weighted by Crippen LogP contribution is 2.17. The molecule has 0 unspecified atom stereocenters. The predicted octanol–water partition coefficient (Wildman–Crippen LogP) is 3.06. The van der Waals surface area contributed by atoms with E-state index < -0.39 is 23.5 Å². The number of rotatable bonds is 6. The van der Waals surface area contributed by atoms with Gasteiger partial charge < -0.3 is 10.1 Å². The molecule has 122 valence electrons. The zero-order valence-electron chi connectivity index (χ0n) is 13.0. The quantitative estimate of drug-likeness (QED) is 0.821. The third-order valence-electron chi connectivity index (χ3n) is 2.91. The molecule has 1 amide bonds. The lowest BCUT2D eigenvalue weighted by molar-refractivity contribution is -0.144. The number of amides is 1. The highest BCUT2D eigenvalue weighted by atomic mass is 19.1. The fraction of sp³-hybridized carbons (Fsp3) is 0.500. The summed E-state index contributed by atoms with van der Waals surface area (Å²) in [6, 6.07) is 2.69. The van der Waals surface area contributed by atoms with Crippen LogP contribution in [-0.4, -0.2) is 25.0 Å². The second-order valence-electron chi connectivity index (χ2n) is 6.16. The van der Waals surface area contributed by atoms with Crippen molar-refractivity contribution in [2.45, 2.75) is 33.6 Å². The summed E-state index contributed by atoms with van der Waals surface area (Å²) >= 11 is 0. The molecule has 1 N–H and O–H groups in total. The smallest absolute Gasteiger partial charge is 0.307 e. The van der Waals surface area contributed by atoms with E-state index in [1.165, 1.54) is 0 Å². The Labute approximate surface area is 128 Å². The number of hydrogen-bond acceptors (Lipinski definition) is 3. The van der Waals surface area contributed by atoms with Crippen molar-refractivity contribution in [1.29, 1.82) is 0 Å². The van der Waals surface area contributed by atoms with E-state index in [-0.39, 0.29) is 23.9 Å². The lowest BCUT2D eigenvalue weighted by atomic mass is 9.93. The van der Waals surface area contributed by atoms with Crippen LogP contribution in [0.5, 0.6) is 0 Å². The van der Waals surface area contributed by atoms with E-state index in [9.17, 15) is 18.4 Å². The fourth-order valence-corrected chi connectivity index (χ4v) is 1.59. The number of carbonyl (C=O) groups is 2. The molecule has 1 aromatic rings. The van der Waals surface area contributed by atoms with Gasteiger partial charge in [-0.2, -0.15) is 0 Å². The summed E-state index contributed by atoms with van der Waals surface area (Å²) < 4.78 is 31.1. The van der Waals surface area contributed by atoms with Gasteiger partial charge in [0.2, 0.25) is 0 Å². The van der Waals surface area contributed by atoms with E-state index in [1.54, 1.807) is 0 Å². The van der Waals surface area contributed by atoms with E-state index in [0.29, 0.717) is 12.7 Å². The van der Waals surface area contributed by atoms with Gasteiger partial charge >= 0.3 is 5.97 Å². The summed E-state index contributed by atoms with van der Waals surface area (Å²) in [6.45, 7) is 6.47. The first-order valence-corrected chi connectivity index (χ1v) is 7.08. The highest BCUT2D eigenvalue weighted by molar-refractivity contribution is 5.94. The maximum atomic E-state index is 13.4. The third-order valence-corrected chi connectivity index (χ3v) is 2.91. The van der Waals surface area contributed by atoms with Crippen molar-refractivity contribution in [3.8, 4) is 0 Å². The molecular weight excluding hydrogens is 292 g/mol. The Bertz CT molecular complexity index is 539. The van der Waals surface area contributed by atoms with Gasteiger partial charge in [0, 0.05) is 12.6 Å². The maximum absolute atomic E-state index is 13.4. The van der Waals surface area contributed by atoms with Crippen LogP contribution in [-0.2, 0) is 9.53 Å². The zero-order valence-corrected chi connectivity index (χ0v) is 13.0. The van der Waals surface area contributed by atoms with Crippen LogP contribution < -0.4 is 5.32 Å². The van der Waals surface area contributed by atoms with E-state index in [1.807, 2.05) is 20.8 Å². The van der Waals surface area contributed by atoms with Gasteiger partial charge in [0.25, 0.3) is 5.91 Å². The van der Waals surface area contributed by atoms with Gasteiger partial charge in [0.15, 0.2) is 0 Å². The summed E-state index contributed by atoms with van der Waals surface area (Å²) in [4.78, 5) is 23.1. The molecule has 0 aliphatic carbocycles. The molecule has 0 aliphatic rings. The van der Waals surface area contributed by atoms with Crippen LogP contribution >= 0.6 is 0 Å². The van der Waals surface area contributed by atoms with Crippen molar-refractivity contribution >= 4 is 11.9 Å². The lowest BCUT2D eigenvalue weighted by Crippen LogP contribution is -2.27. The Balaban J connectivity index is 2.31. The van der Waals surface area contributed by atoms with E-state index in [0.717, 1.165) is 18.6 Å². The number of esters is 1. The molecule has 0 aromatic heterocycles. The highest BCUT2D eigenvalue weighted by Gasteiger charge is 2.14. The SMILES string of the molecule is CC(C)(C)CCOC(=O)CCNC(=O)c1ccc(F)cc1F. The standard InChI is InChI=1S/C16H21F2NO3/c1-16(2,3)7-9-22-14(20)6-8-19-15(21)12-5-4-11(17)10-13(12)18/h4-5,10H,6-9H2,1-3H3,(H,19,21). The number of hydrogen-bond donors (Lipinski definition) is 1. The van der Waals surface area contributed by atoms with Crippen molar-refractivity contribution in [2.75, 3.05) is 13.2 Å². The predicted molar refractivity (Wildman–Crippen MR) is 78.3 cm³/mol. The second kappa shape index (κ2) is 7.87. The van der Waals surface area contributed by atoms with Gasteiger partial charge in [-0.05, 0) is 24.0 Å². The summed E-state index contributed by atoms with van der Waals surface area (Å²) in [5.41, 5.74) is -0.184. The summed E-state index contributed by atoms with van der Waals surface area (Å²) in [5.74, 6) is -2.81. The molecule has 1 rings (SSSR count). The molecule has 0 radical (unpaired) electrons. The topological polar surface area (TPSA) is 55.4 Å². The van der Waals surface area contributed by atoms with E-state index >= 15 is 0 Å². The largest absolute Gasteiger partial charge is 0.466 e. The first-order valence-electron chi connectivity index (χ1n) is 7.08.